The van der Waals surface area contributed by atoms with E-state index in [1.54, 1.807) is 4.90 Å². The van der Waals surface area contributed by atoms with Gasteiger partial charge >= 0.3 is 18.0 Å². The van der Waals surface area contributed by atoms with Crippen molar-refractivity contribution in [2.75, 3.05) is 27.2 Å². The van der Waals surface area contributed by atoms with E-state index in [9.17, 15) is 14.4 Å². The summed E-state index contributed by atoms with van der Waals surface area (Å²) < 4.78 is 0. The molecule has 2 amide bonds. The average Bonchev–Trinajstić information content (AvgIpc) is 2.42. The van der Waals surface area contributed by atoms with Crippen molar-refractivity contribution >= 4 is 18.0 Å². The van der Waals surface area contributed by atoms with E-state index in [0.717, 1.165) is 12.8 Å². The molecule has 0 spiro atoms. The Morgan fingerprint density at radius 1 is 1.24 bits per heavy atom. The Balaban J connectivity index is 2.47. The molecule has 0 aromatic rings. The maximum Gasteiger partial charge on any atom is 0.326 e. The molecule has 1 aliphatic rings. The van der Waals surface area contributed by atoms with Crippen LogP contribution in [0.25, 0.3) is 0 Å². The number of nitrogens with one attached hydrogen (secondary N) is 1. The highest BCUT2D eigenvalue weighted by atomic mass is 16.4. The number of likely N-dealkylation sites (tertiary alicyclic amines) is 1. The molecular formula is C13H23N3O5. The molecule has 0 aromatic heterocycles. The number of piperidine rings is 1. The quantitative estimate of drug-likeness (QED) is 0.639. The van der Waals surface area contributed by atoms with Gasteiger partial charge in [-0.05, 0) is 33.4 Å². The Morgan fingerprint density at radius 3 is 2.24 bits per heavy atom. The number of carbonyl (C=O) groups excluding carboxylic acids is 1. The zero-order chi connectivity index (χ0) is 16.0. The lowest BCUT2D eigenvalue weighted by Crippen LogP contribution is -2.52. The van der Waals surface area contributed by atoms with Crippen LogP contribution in [0.2, 0.25) is 0 Å². The van der Waals surface area contributed by atoms with E-state index in [-0.39, 0.29) is 12.8 Å². The number of nitrogens with zero attached hydrogens (tertiary/aromatic N) is 2. The fourth-order valence-corrected chi connectivity index (χ4v) is 2.35. The Hall–Kier alpha value is -1.83. The lowest BCUT2D eigenvalue weighted by atomic mass is 10.0. The number of hydrogen-bond acceptors (Lipinski definition) is 4. The molecule has 1 unspecified atom stereocenters. The van der Waals surface area contributed by atoms with Crippen LogP contribution in [-0.2, 0) is 9.59 Å². The second kappa shape index (κ2) is 7.82. The van der Waals surface area contributed by atoms with Gasteiger partial charge in [-0.3, -0.25) is 4.79 Å². The van der Waals surface area contributed by atoms with E-state index in [1.165, 1.54) is 0 Å². The SMILES string of the molecule is CN(C)C1CCN(C(=O)NC(CCC(=O)O)C(=O)O)CC1. The molecular weight excluding hydrogens is 278 g/mol. The molecule has 0 bridgehead atoms. The molecule has 120 valence electrons. The van der Waals surface area contributed by atoms with E-state index in [0.29, 0.717) is 19.1 Å². The number of carbonyl (C=O) groups is 3. The van der Waals surface area contributed by atoms with Gasteiger partial charge in [0, 0.05) is 25.6 Å². The number of rotatable bonds is 6. The van der Waals surface area contributed by atoms with Gasteiger partial charge in [0.15, 0.2) is 0 Å². The third-order valence-corrected chi connectivity index (χ3v) is 3.72. The van der Waals surface area contributed by atoms with E-state index in [2.05, 4.69) is 10.2 Å². The first kappa shape index (κ1) is 17.2. The zero-order valence-electron chi connectivity index (χ0n) is 12.4. The van der Waals surface area contributed by atoms with Crippen molar-refractivity contribution in [1.82, 2.24) is 15.1 Å². The van der Waals surface area contributed by atoms with Gasteiger partial charge in [0.05, 0.1) is 0 Å². The normalized spacial score (nSPS) is 17.6. The average molecular weight is 301 g/mol. The summed E-state index contributed by atoms with van der Waals surface area (Å²) in [4.78, 5) is 37.2. The molecule has 0 aliphatic carbocycles. The van der Waals surface area contributed by atoms with Crippen molar-refractivity contribution < 1.29 is 24.6 Å². The van der Waals surface area contributed by atoms with Crippen molar-refractivity contribution in [3.8, 4) is 0 Å². The van der Waals surface area contributed by atoms with Gasteiger partial charge in [0.25, 0.3) is 0 Å². The van der Waals surface area contributed by atoms with Crippen LogP contribution in [0.3, 0.4) is 0 Å². The molecule has 3 N–H and O–H groups in total. The lowest BCUT2D eigenvalue weighted by molar-refractivity contribution is -0.140. The van der Waals surface area contributed by atoms with Gasteiger partial charge in [0.2, 0.25) is 0 Å². The topological polar surface area (TPSA) is 110 Å². The van der Waals surface area contributed by atoms with Gasteiger partial charge in [-0.1, -0.05) is 0 Å². The highest BCUT2D eigenvalue weighted by Gasteiger charge is 2.27. The maximum atomic E-state index is 12.0. The summed E-state index contributed by atoms with van der Waals surface area (Å²) in [6, 6.07) is -1.18. The molecule has 0 saturated carbocycles. The second-order valence-corrected chi connectivity index (χ2v) is 5.45. The van der Waals surface area contributed by atoms with Crippen LogP contribution < -0.4 is 5.32 Å². The van der Waals surface area contributed by atoms with Crippen molar-refractivity contribution in [3.63, 3.8) is 0 Å². The molecule has 1 fully saturated rings. The van der Waals surface area contributed by atoms with Crippen LogP contribution >= 0.6 is 0 Å². The Morgan fingerprint density at radius 2 is 1.81 bits per heavy atom. The second-order valence-electron chi connectivity index (χ2n) is 5.45. The third-order valence-electron chi connectivity index (χ3n) is 3.72. The number of carboxylic acid groups (broad SMARTS) is 2. The van der Waals surface area contributed by atoms with Gasteiger partial charge in [-0.25, -0.2) is 9.59 Å². The minimum atomic E-state index is -1.22. The maximum absolute atomic E-state index is 12.0. The summed E-state index contributed by atoms with van der Waals surface area (Å²) in [5, 5.41) is 20.0. The van der Waals surface area contributed by atoms with Crippen LogP contribution in [0.4, 0.5) is 4.79 Å². The Kier molecular flexibility index (Phi) is 6.41. The monoisotopic (exact) mass is 301 g/mol. The summed E-state index contributed by atoms with van der Waals surface area (Å²) in [6.07, 6.45) is 1.27. The van der Waals surface area contributed by atoms with Crippen LogP contribution in [-0.4, -0.2) is 77.3 Å². The predicted octanol–water partition coefficient (Wildman–Crippen LogP) is 0.0400. The van der Waals surface area contributed by atoms with Crippen molar-refractivity contribution in [3.05, 3.63) is 0 Å². The number of carboxylic acids is 2. The summed E-state index contributed by atoms with van der Waals surface area (Å²) in [5.74, 6) is -2.30. The number of hydrogen-bond donors (Lipinski definition) is 3. The van der Waals surface area contributed by atoms with Crippen molar-refractivity contribution in [1.29, 1.82) is 0 Å². The van der Waals surface area contributed by atoms with E-state index in [4.69, 9.17) is 10.2 Å². The molecule has 21 heavy (non-hydrogen) atoms. The summed E-state index contributed by atoms with van der Waals surface area (Å²) in [6.45, 7) is 1.14. The van der Waals surface area contributed by atoms with Gasteiger partial charge in [-0.15, -0.1) is 0 Å². The van der Waals surface area contributed by atoms with Crippen molar-refractivity contribution in [2.24, 2.45) is 0 Å². The Labute approximate surface area is 123 Å². The first-order valence-electron chi connectivity index (χ1n) is 6.97. The van der Waals surface area contributed by atoms with E-state index >= 15 is 0 Å². The van der Waals surface area contributed by atoms with Crippen LogP contribution in [0.1, 0.15) is 25.7 Å². The largest absolute Gasteiger partial charge is 0.481 e. The minimum Gasteiger partial charge on any atom is -0.481 e. The first-order chi connectivity index (χ1) is 9.81. The highest BCUT2D eigenvalue weighted by Crippen LogP contribution is 2.14. The van der Waals surface area contributed by atoms with Gasteiger partial charge < -0.3 is 25.3 Å². The number of amides is 2. The van der Waals surface area contributed by atoms with Crippen LogP contribution in [0.5, 0.6) is 0 Å². The summed E-state index contributed by atoms with van der Waals surface area (Å²) >= 11 is 0. The van der Waals surface area contributed by atoms with Crippen LogP contribution in [0, 0.1) is 0 Å². The fraction of sp³-hybridized carbons (Fsp3) is 0.769. The standard InChI is InChI=1S/C13H23N3O5/c1-15(2)9-5-7-16(8-6-9)13(21)14-10(12(19)20)3-4-11(17)18/h9-10H,3-8H2,1-2H3,(H,14,21)(H,17,18)(H,19,20). The molecule has 1 saturated heterocycles. The number of aliphatic carboxylic acids is 2. The van der Waals surface area contributed by atoms with Gasteiger partial charge in [-0.2, -0.15) is 0 Å². The summed E-state index contributed by atoms with van der Waals surface area (Å²) in [5.41, 5.74) is 0. The molecule has 1 rings (SSSR count). The fourth-order valence-electron chi connectivity index (χ4n) is 2.35. The molecule has 0 radical (unpaired) electrons. The van der Waals surface area contributed by atoms with Crippen molar-refractivity contribution in [2.45, 2.75) is 37.8 Å². The summed E-state index contributed by atoms with van der Waals surface area (Å²) in [7, 11) is 3.99. The zero-order valence-corrected chi connectivity index (χ0v) is 12.4. The molecule has 8 heteroatoms. The lowest BCUT2D eigenvalue weighted by Gasteiger charge is -2.35. The minimum absolute atomic E-state index is 0.120. The number of urea groups is 1. The molecule has 0 aromatic carbocycles. The third kappa shape index (κ3) is 5.58. The smallest absolute Gasteiger partial charge is 0.326 e. The molecule has 1 aliphatic heterocycles. The predicted molar refractivity (Wildman–Crippen MR) is 75.1 cm³/mol. The van der Waals surface area contributed by atoms with Crippen LogP contribution in [0.15, 0.2) is 0 Å². The van der Waals surface area contributed by atoms with E-state index in [1.807, 2.05) is 14.1 Å². The molecule has 1 atom stereocenters. The Bertz CT molecular complexity index is 391. The molecule has 1 heterocycles. The van der Waals surface area contributed by atoms with Gasteiger partial charge in [0.1, 0.15) is 6.04 Å². The molecule has 8 nitrogen and oxygen atoms in total. The van der Waals surface area contributed by atoms with E-state index < -0.39 is 24.0 Å². The highest BCUT2D eigenvalue weighted by molar-refractivity contribution is 5.83. The first-order valence-corrected chi connectivity index (χ1v) is 6.97.